The normalized spacial score (nSPS) is 13.1. The van der Waals surface area contributed by atoms with E-state index in [0.29, 0.717) is 6.54 Å². The van der Waals surface area contributed by atoms with Crippen molar-refractivity contribution < 1.29 is 5.11 Å². The maximum Gasteiger partial charge on any atom is 0.0931 e. The largest absolute Gasteiger partial charge is 0.387 e. The van der Waals surface area contributed by atoms with Crippen molar-refractivity contribution in [2.24, 2.45) is 0 Å². The summed E-state index contributed by atoms with van der Waals surface area (Å²) in [7, 11) is 0. The van der Waals surface area contributed by atoms with Crippen molar-refractivity contribution in [2.75, 3.05) is 19.6 Å². The Labute approximate surface area is 85.4 Å². The van der Waals surface area contributed by atoms with Gasteiger partial charge in [0.1, 0.15) is 0 Å². The fourth-order valence-corrected chi connectivity index (χ4v) is 1.40. The van der Waals surface area contributed by atoms with E-state index < -0.39 is 6.10 Å². The van der Waals surface area contributed by atoms with Crippen LogP contribution in [-0.4, -0.2) is 34.6 Å². The molecule has 78 valence electrons. The van der Waals surface area contributed by atoms with E-state index in [0.717, 1.165) is 18.7 Å². The minimum atomic E-state index is -0.427. The fourth-order valence-electron chi connectivity index (χ4n) is 1.40. The summed E-state index contributed by atoms with van der Waals surface area (Å²) >= 11 is 0. The number of hydrogen-bond acceptors (Lipinski definition) is 3. The van der Waals surface area contributed by atoms with Crippen molar-refractivity contribution in [3.8, 4) is 0 Å². The minimum Gasteiger partial charge on any atom is -0.387 e. The summed E-state index contributed by atoms with van der Waals surface area (Å²) in [6.07, 6.45) is 3.01. The number of rotatable bonds is 5. The first kappa shape index (κ1) is 11.1. The molecule has 1 N–H and O–H groups in total. The number of nitrogens with zero attached hydrogens (tertiary/aromatic N) is 2. The molecular weight excluding hydrogens is 176 g/mol. The monoisotopic (exact) mass is 194 g/mol. The lowest BCUT2D eigenvalue weighted by molar-refractivity contribution is 0.119. The summed E-state index contributed by atoms with van der Waals surface area (Å²) in [6, 6.07) is 3.75. The molecule has 0 aromatic carbocycles. The molecule has 14 heavy (non-hydrogen) atoms. The Kier molecular flexibility index (Phi) is 4.56. The number of aliphatic hydroxyl groups excluding tert-OH is 1. The first-order valence-corrected chi connectivity index (χ1v) is 5.08. The van der Waals surface area contributed by atoms with Gasteiger partial charge in [-0.15, -0.1) is 0 Å². The zero-order chi connectivity index (χ0) is 10.4. The molecule has 0 saturated carbocycles. The Morgan fingerprint density at radius 1 is 1.43 bits per heavy atom. The molecule has 1 rings (SSSR count). The number of pyridine rings is 1. The van der Waals surface area contributed by atoms with Crippen LogP contribution in [0.3, 0.4) is 0 Å². The molecule has 0 aliphatic heterocycles. The Morgan fingerprint density at radius 2 is 2.14 bits per heavy atom. The maximum absolute atomic E-state index is 9.87. The molecular formula is C11H18N2O. The third kappa shape index (κ3) is 3.09. The van der Waals surface area contributed by atoms with Crippen molar-refractivity contribution in [3.05, 3.63) is 30.1 Å². The molecule has 1 aromatic heterocycles. The molecule has 0 aliphatic carbocycles. The van der Waals surface area contributed by atoms with Gasteiger partial charge in [-0.25, -0.2) is 0 Å². The molecule has 0 aliphatic rings. The number of hydrogen-bond donors (Lipinski definition) is 1. The average molecular weight is 194 g/mol. The highest BCUT2D eigenvalue weighted by Crippen LogP contribution is 2.11. The van der Waals surface area contributed by atoms with Crippen LogP contribution >= 0.6 is 0 Å². The summed E-state index contributed by atoms with van der Waals surface area (Å²) in [5.41, 5.74) is 0.888. The lowest BCUT2D eigenvalue weighted by Crippen LogP contribution is -2.28. The molecule has 0 bridgehead atoms. The van der Waals surface area contributed by atoms with Crippen LogP contribution in [0.25, 0.3) is 0 Å². The molecule has 0 radical (unpaired) electrons. The predicted octanol–water partition coefficient (Wildman–Crippen LogP) is 1.46. The molecule has 0 spiro atoms. The van der Waals surface area contributed by atoms with Crippen LogP contribution in [0.4, 0.5) is 0 Å². The van der Waals surface area contributed by atoms with Gasteiger partial charge in [0.15, 0.2) is 0 Å². The summed E-state index contributed by atoms with van der Waals surface area (Å²) in [4.78, 5) is 6.18. The SMILES string of the molecule is CCN(CC)CC(O)c1cccnc1. The average Bonchev–Trinajstić information content (AvgIpc) is 2.26. The highest BCUT2D eigenvalue weighted by Gasteiger charge is 2.10. The van der Waals surface area contributed by atoms with E-state index in [1.807, 2.05) is 12.1 Å². The molecule has 0 fully saturated rings. The van der Waals surface area contributed by atoms with E-state index in [4.69, 9.17) is 0 Å². The van der Waals surface area contributed by atoms with E-state index in [2.05, 4.69) is 23.7 Å². The highest BCUT2D eigenvalue weighted by atomic mass is 16.3. The third-order valence-electron chi connectivity index (χ3n) is 2.39. The first-order chi connectivity index (χ1) is 6.77. The number of likely N-dealkylation sites (N-methyl/N-ethyl adjacent to an activating group) is 1. The molecule has 3 nitrogen and oxygen atoms in total. The molecule has 3 heteroatoms. The minimum absolute atomic E-state index is 0.427. The Hall–Kier alpha value is -0.930. The smallest absolute Gasteiger partial charge is 0.0931 e. The highest BCUT2D eigenvalue weighted by molar-refractivity contribution is 5.11. The molecule has 0 amide bonds. The van der Waals surface area contributed by atoms with Crippen molar-refractivity contribution in [3.63, 3.8) is 0 Å². The second-order valence-corrected chi connectivity index (χ2v) is 3.29. The lowest BCUT2D eigenvalue weighted by Gasteiger charge is -2.21. The van der Waals surface area contributed by atoms with Gasteiger partial charge in [-0.2, -0.15) is 0 Å². The van der Waals surface area contributed by atoms with Gasteiger partial charge in [0.05, 0.1) is 6.10 Å². The van der Waals surface area contributed by atoms with Crippen LogP contribution in [-0.2, 0) is 0 Å². The van der Waals surface area contributed by atoms with Crippen LogP contribution in [0.2, 0.25) is 0 Å². The fraction of sp³-hybridized carbons (Fsp3) is 0.545. The molecule has 1 heterocycles. The van der Waals surface area contributed by atoms with Gasteiger partial charge in [0, 0.05) is 24.5 Å². The zero-order valence-corrected chi connectivity index (χ0v) is 8.85. The molecule has 1 aromatic rings. The maximum atomic E-state index is 9.87. The van der Waals surface area contributed by atoms with E-state index in [1.165, 1.54) is 0 Å². The summed E-state index contributed by atoms with van der Waals surface area (Å²) < 4.78 is 0. The van der Waals surface area contributed by atoms with Gasteiger partial charge in [0.2, 0.25) is 0 Å². The van der Waals surface area contributed by atoms with Gasteiger partial charge >= 0.3 is 0 Å². The van der Waals surface area contributed by atoms with Crippen LogP contribution in [0, 0.1) is 0 Å². The van der Waals surface area contributed by atoms with Crippen LogP contribution < -0.4 is 0 Å². The van der Waals surface area contributed by atoms with E-state index in [-0.39, 0.29) is 0 Å². The first-order valence-electron chi connectivity index (χ1n) is 5.08. The van der Waals surface area contributed by atoms with Crippen LogP contribution in [0.1, 0.15) is 25.5 Å². The van der Waals surface area contributed by atoms with Crippen molar-refractivity contribution >= 4 is 0 Å². The van der Waals surface area contributed by atoms with Crippen LogP contribution in [0.15, 0.2) is 24.5 Å². The zero-order valence-electron chi connectivity index (χ0n) is 8.85. The van der Waals surface area contributed by atoms with E-state index >= 15 is 0 Å². The third-order valence-corrected chi connectivity index (χ3v) is 2.39. The van der Waals surface area contributed by atoms with Gasteiger partial charge in [0.25, 0.3) is 0 Å². The molecule has 1 atom stereocenters. The standard InChI is InChI=1S/C11H18N2O/c1-3-13(4-2)9-11(14)10-6-5-7-12-8-10/h5-8,11,14H,3-4,9H2,1-2H3. The van der Waals surface area contributed by atoms with E-state index in [1.54, 1.807) is 12.4 Å². The summed E-state index contributed by atoms with van der Waals surface area (Å²) in [5.74, 6) is 0. The second kappa shape index (κ2) is 5.73. The Morgan fingerprint density at radius 3 is 2.64 bits per heavy atom. The van der Waals surface area contributed by atoms with Gasteiger partial charge in [-0.3, -0.25) is 4.98 Å². The topological polar surface area (TPSA) is 36.4 Å². The van der Waals surface area contributed by atoms with Crippen molar-refractivity contribution in [2.45, 2.75) is 20.0 Å². The summed E-state index contributed by atoms with van der Waals surface area (Å²) in [6.45, 7) is 6.80. The Balaban J connectivity index is 2.54. The number of aliphatic hydroxyl groups is 1. The quantitative estimate of drug-likeness (QED) is 0.771. The molecule has 0 saturated heterocycles. The second-order valence-electron chi connectivity index (χ2n) is 3.29. The predicted molar refractivity (Wildman–Crippen MR) is 57.0 cm³/mol. The van der Waals surface area contributed by atoms with E-state index in [9.17, 15) is 5.11 Å². The van der Waals surface area contributed by atoms with Gasteiger partial charge in [-0.1, -0.05) is 19.9 Å². The van der Waals surface area contributed by atoms with Crippen molar-refractivity contribution in [1.29, 1.82) is 0 Å². The van der Waals surface area contributed by atoms with Gasteiger partial charge < -0.3 is 10.0 Å². The summed E-state index contributed by atoms with van der Waals surface area (Å²) in [5, 5.41) is 9.87. The molecule has 1 unspecified atom stereocenters. The van der Waals surface area contributed by atoms with Crippen LogP contribution in [0.5, 0.6) is 0 Å². The van der Waals surface area contributed by atoms with Crippen molar-refractivity contribution in [1.82, 2.24) is 9.88 Å². The Bertz CT molecular complexity index is 247. The lowest BCUT2D eigenvalue weighted by atomic mass is 10.1. The van der Waals surface area contributed by atoms with Gasteiger partial charge in [-0.05, 0) is 19.2 Å². The number of aromatic nitrogens is 1.